The van der Waals surface area contributed by atoms with E-state index in [2.05, 4.69) is 34.9 Å². The van der Waals surface area contributed by atoms with Gasteiger partial charge < -0.3 is 14.2 Å². The third-order valence-corrected chi connectivity index (χ3v) is 7.45. The van der Waals surface area contributed by atoms with Crippen LogP contribution in [0.3, 0.4) is 0 Å². The Morgan fingerprint density at radius 3 is 2.26 bits per heavy atom. The van der Waals surface area contributed by atoms with Crippen LogP contribution in [0.5, 0.6) is 11.8 Å². The van der Waals surface area contributed by atoms with E-state index in [-0.39, 0.29) is 29.2 Å². The van der Waals surface area contributed by atoms with Gasteiger partial charge in [-0.15, -0.1) is 10.2 Å². The van der Waals surface area contributed by atoms with Gasteiger partial charge in [0, 0.05) is 25.9 Å². The summed E-state index contributed by atoms with van der Waals surface area (Å²) in [6.45, 7) is 1.48. The molecule has 0 saturated heterocycles. The molecule has 3 aromatic heterocycles. The van der Waals surface area contributed by atoms with Crippen molar-refractivity contribution in [3.8, 4) is 17.4 Å². The molecule has 2 unspecified atom stereocenters. The zero-order chi connectivity index (χ0) is 25.2. The maximum atomic E-state index is 13.4. The molecule has 0 amide bonds. The Kier molecular flexibility index (Phi) is 7.33. The van der Waals surface area contributed by atoms with Gasteiger partial charge in [0.2, 0.25) is 27.7 Å². The fraction of sp³-hybridized carbons (Fsp3) is 0.500. The van der Waals surface area contributed by atoms with Crippen LogP contribution in [-0.2, 0) is 21.2 Å². The number of sulfonamides is 1. The monoisotopic (exact) mass is 524 g/mol. The molecular formula is C20H25ClN8O5S. The Hall–Kier alpha value is -3.10. The molecule has 1 fully saturated rings. The lowest BCUT2D eigenvalue weighted by molar-refractivity contribution is 0.0950. The molecule has 4 rings (SSSR count). The highest BCUT2D eigenvalue weighted by molar-refractivity contribution is 7.93. The second kappa shape index (κ2) is 10.3. The van der Waals surface area contributed by atoms with Crippen molar-refractivity contribution in [2.24, 2.45) is 5.92 Å². The highest BCUT2D eigenvalue weighted by Gasteiger charge is 2.35. The first-order chi connectivity index (χ1) is 16.8. The summed E-state index contributed by atoms with van der Waals surface area (Å²) in [7, 11) is 0.175. The third-order valence-electron chi connectivity index (χ3n) is 5.56. The normalized spacial score (nSPS) is 15.5. The van der Waals surface area contributed by atoms with Crippen LogP contribution < -0.4 is 14.2 Å². The molecule has 0 radical (unpaired) electrons. The lowest BCUT2D eigenvalue weighted by Gasteiger charge is -2.22. The molecule has 13 nitrogen and oxygen atoms in total. The molecule has 2 atom stereocenters. The van der Waals surface area contributed by atoms with Gasteiger partial charge in [0.1, 0.15) is 23.5 Å². The molecule has 0 bridgehead atoms. The second-order valence-electron chi connectivity index (χ2n) is 7.93. The average molecular weight is 525 g/mol. The van der Waals surface area contributed by atoms with Gasteiger partial charge in [-0.2, -0.15) is 9.97 Å². The minimum atomic E-state index is -4.09. The highest BCUT2D eigenvalue weighted by atomic mass is 35.5. The van der Waals surface area contributed by atoms with E-state index in [9.17, 15) is 8.42 Å². The molecule has 35 heavy (non-hydrogen) atoms. The lowest BCUT2D eigenvalue weighted by atomic mass is 10.2. The summed E-state index contributed by atoms with van der Waals surface area (Å²) in [5.41, 5.74) is 0.285. The topological polar surface area (TPSA) is 156 Å². The molecule has 0 aliphatic heterocycles. The predicted molar refractivity (Wildman–Crippen MR) is 125 cm³/mol. The Morgan fingerprint density at radius 2 is 1.71 bits per heavy atom. The average Bonchev–Trinajstić information content (AvgIpc) is 3.59. The predicted octanol–water partition coefficient (Wildman–Crippen LogP) is 1.99. The van der Waals surface area contributed by atoms with E-state index >= 15 is 0 Å². The number of halogens is 1. The van der Waals surface area contributed by atoms with Crippen molar-refractivity contribution in [1.82, 2.24) is 34.7 Å². The number of nitrogens with one attached hydrogen (secondary N) is 1. The molecule has 1 N–H and O–H groups in total. The molecule has 15 heteroatoms. The van der Waals surface area contributed by atoms with E-state index in [1.807, 2.05) is 0 Å². The highest BCUT2D eigenvalue weighted by Crippen LogP contribution is 2.37. The van der Waals surface area contributed by atoms with Gasteiger partial charge in [0.05, 0.1) is 19.2 Å². The number of hydrogen-bond acceptors (Lipinski definition) is 11. The van der Waals surface area contributed by atoms with Gasteiger partial charge in [0.15, 0.2) is 11.5 Å². The minimum Gasteiger partial charge on any atom is -0.479 e. The van der Waals surface area contributed by atoms with Crippen LogP contribution in [-0.4, -0.2) is 69.7 Å². The molecule has 3 heterocycles. The second-order valence-corrected chi connectivity index (χ2v) is 10.4. The molecule has 1 saturated carbocycles. The zero-order valence-electron chi connectivity index (χ0n) is 19.5. The number of rotatable bonds is 11. The molecule has 0 spiro atoms. The quantitative estimate of drug-likeness (QED) is 0.391. The van der Waals surface area contributed by atoms with Crippen molar-refractivity contribution in [3.63, 3.8) is 0 Å². The smallest absolute Gasteiger partial charge is 0.245 e. The summed E-state index contributed by atoms with van der Waals surface area (Å²) < 4.78 is 47.2. The van der Waals surface area contributed by atoms with Gasteiger partial charge >= 0.3 is 0 Å². The van der Waals surface area contributed by atoms with Crippen molar-refractivity contribution in [1.29, 1.82) is 0 Å². The van der Waals surface area contributed by atoms with Crippen LogP contribution in [0.4, 0.5) is 5.95 Å². The van der Waals surface area contributed by atoms with Crippen molar-refractivity contribution < 1.29 is 22.6 Å². The molecule has 3 aromatic rings. The van der Waals surface area contributed by atoms with E-state index in [4.69, 9.17) is 25.8 Å². The van der Waals surface area contributed by atoms with Crippen molar-refractivity contribution in [2.75, 3.05) is 26.1 Å². The van der Waals surface area contributed by atoms with Crippen LogP contribution in [0.25, 0.3) is 5.69 Å². The molecule has 0 aromatic carbocycles. The van der Waals surface area contributed by atoms with E-state index < -0.39 is 21.4 Å². The van der Waals surface area contributed by atoms with Crippen molar-refractivity contribution >= 4 is 27.6 Å². The standard InChI is InChI=1S/C20H25ClN8O5S/c1-11(16(32-2)17-22-8-13(21)9-23-17)35(30,31)28-20-27-26-14(7-12-5-6-12)29(20)15-18(33-3)24-10-25-19(15)34-4/h8-12,16H,5-7H2,1-4H3,(H,27,28). The molecular weight excluding hydrogens is 500 g/mol. The number of methoxy groups -OCH3 is 3. The minimum absolute atomic E-state index is 0.0641. The lowest BCUT2D eigenvalue weighted by Crippen LogP contribution is -2.33. The summed E-state index contributed by atoms with van der Waals surface area (Å²) in [4.78, 5) is 16.5. The van der Waals surface area contributed by atoms with Gasteiger partial charge in [-0.05, 0) is 25.7 Å². The number of aromatic nitrogens is 7. The summed E-state index contributed by atoms with van der Waals surface area (Å²) >= 11 is 5.86. The van der Waals surface area contributed by atoms with Crippen LogP contribution in [0.15, 0.2) is 18.7 Å². The van der Waals surface area contributed by atoms with Gasteiger partial charge in [0.25, 0.3) is 0 Å². The van der Waals surface area contributed by atoms with E-state index in [1.54, 1.807) is 0 Å². The fourth-order valence-electron chi connectivity index (χ4n) is 3.53. The van der Waals surface area contributed by atoms with Crippen LogP contribution >= 0.6 is 11.6 Å². The van der Waals surface area contributed by atoms with Crippen LogP contribution in [0.1, 0.15) is 37.5 Å². The van der Waals surface area contributed by atoms with E-state index in [0.29, 0.717) is 23.2 Å². The number of ether oxygens (including phenoxy) is 3. The van der Waals surface area contributed by atoms with Crippen LogP contribution in [0.2, 0.25) is 5.02 Å². The summed E-state index contributed by atoms with van der Waals surface area (Å²) in [5.74, 6) is 1.41. The number of nitrogens with zero attached hydrogens (tertiary/aromatic N) is 7. The molecule has 1 aliphatic carbocycles. The largest absolute Gasteiger partial charge is 0.479 e. The zero-order valence-corrected chi connectivity index (χ0v) is 21.1. The first kappa shape index (κ1) is 25.0. The van der Waals surface area contributed by atoms with Gasteiger partial charge in [-0.25, -0.2) is 18.4 Å². The van der Waals surface area contributed by atoms with Gasteiger partial charge in [-0.1, -0.05) is 11.6 Å². The Balaban J connectivity index is 1.74. The van der Waals surface area contributed by atoms with E-state index in [1.165, 1.54) is 51.5 Å². The fourth-order valence-corrected chi connectivity index (χ4v) is 4.76. The maximum absolute atomic E-state index is 13.4. The molecule has 1 aliphatic rings. The summed E-state index contributed by atoms with van der Waals surface area (Å²) in [6.07, 6.45) is 5.76. The molecule has 188 valence electrons. The summed E-state index contributed by atoms with van der Waals surface area (Å²) in [6, 6.07) is 0. The Bertz CT molecular complexity index is 1260. The third kappa shape index (κ3) is 5.28. The Labute approximate surface area is 207 Å². The van der Waals surface area contributed by atoms with Crippen LogP contribution in [0, 0.1) is 5.92 Å². The van der Waals surface area contributed by atoms with Gasteiger partial charge in [-0.3, -0.25) is 9.29 Å². The SMILES string of the molecule is COc1ncnc(OC)c1-n1c(CC2CC2)nnc1NS(=O)(=O)C(C)C(OC)c1ncc(Cl)cn1. The van der Waals surface area contributed by atoms with Crippen molar-refractivity contribution in [2.45, 2.75) is 37.5 Å². The number of anilines is 1. The van der Waals surface area contributed by atoms with Crippen molar-refractivity contribution in [3.05, 3.63) is 35.4 Å². The number of hydrogen-bond donors (Lipinski definition) is 1. The van der Waals surface area contributed by atoms with E-state index in [0.717, 1.165) is 12.8 Å². The maximum Gasteiger partial charge on any atom is 0.245 e. The summed E-state index contributed by atoms with van der Waals surface area (Å²) in [5, 5.41) is 7.59. The first-order valence-corrected chi connectivity index (χ1v) is 12.6. The first-order valence-electron chi connectivity index (χ1n) is 10.7. The Morgan fingerprint density at radius 1 is 1.09 bits per heavy atom.